The van der Waals surface area contributed by atoms with Crippen LogP contribution in [0, 0.1) is 12.7 Å². The summed E-state index contributed by atoms with van der Waals surface area (Å²) in [5.41, 5.74) is 4.00. The molecule has 2 unspecified atom stereocenters. The minimum absolute atomic E-state index is 0.0669. The average molecular weight is 593 g/mol. The number of hydrogen-bond donors (Lipinski definition) is 0. The molecule has 3 aromatic rings. The third-order valence-corrected chi connectivity index (χ3v) is 8.54. The molecule has 7 nitrogen and oxygen atoms in total. The lowest BCUT2D eigenvalue weighted by atomic mass is 9.92. The number of likely N-dealkylation sites (tertiary alicyclic amines) is 1. The highest BCUT2D eigenvalue weighted by Crippen LogP contribution is 2.33. The van der Waals surface area contributed by atoms with Crippen molar-refractivity contribution < 1.29 is 18.7 Å². The van der Waals surface area contributed by atoms with Crippen LogP contribution in [0.2, 0.25) is 5.02 Å². The van der Waals surface area contributed by atoms with E-state index < -0.39 is 0 Å². The molecule has 2 fully saturated rings. The largest absolute Gasteiger partial charge is 0.473 e. The Morgan fingerprint density at radius 1 is 1.19 bits per heavy atom. The van der Waals surface area contributed by atoms with Gasteiger partial charge in [-0.1, -0.05) is 29.8 Å². The van der Waals surface area contributed by atoms with Gasteiger partial charge in [-0.15, -0.1) is 0 Å². The molecule has 42 heavy (non-hydrogen) atoms. The number of hydrogen-bond acceptors (Lipinski definition) is 7. The quantitative estimate of drug-likeness (QED) is 0.229. The number of carbonyl (C=O) groups excluding carboxylic acids is 1. The van der Waals surface area contributed by atoms with Gasteiger partial charge in [0.15, 0.2) is 6.29 Å². The Morgan fingerprint density at radius 3 is 2.67 bits per heavy atom. The number of allylic oxidation sites excluding steroid dienone is 1. The number of aromatic nitrogens is 2. The van der Waals surface area contributed by atoms with Crippen molar-refractivity contribution in [3.63, 3.8) is 0 Å². The number of halogens is 2. The number of carbonyl (C=O) groups is 1. The van der Waals surface area contributed by atoms with Crippen molar-refractivity contribution in [3.05, 3.63) is 93.7 Å². The van der Waals surface area contributed by atoms with E-state index in [0.717, 1.165) is 68.0 Å². The lowest BCUT2D eigenvalue weighted by Gasteiger charge is -2.42. The number of ether oxygens (including phenoxy) is 2. The molecule has 2 saturated heterocycles. The Kier molecular flexibility index (Phi) is 9.88. The molecule has 1 aromatic carbocycles. The zero-order valence-electron chi connectivity index (χ0n) is 24.4. The average Bonchev–Trinajstić information content (AvgIpc) is 2.99. The molecule has 4 heterocycles. The van der Waals surface area contributed by atoms with Crippen molar-refractivity contribution in [2.75, 3.05) is 31.1 Å². The van der Waals surface area contributed by atoms with E-state index in [4.69, 9.17) is 31.0 Å². The van der Waals surface area contributed by atoms with Crippen LogP contribution in [-0.2, 0) is 11.3 Å². The molecule has 0 N–H and O–H groups in total. The Bertz CT molecular complexity index is 1420. The molecule has 0 radical (unpaired) electrons. The van der Waals surface area contributed by atoms with Gasteiger partial charge in [-0.2, -0.15) is 0 Å². The maximum Gasteiger partial charge on any atom is 0.213 e. The highest BCUT2D eigenvalue weighted by molar-refractivity contribution is 6.30. The number of pyridine rings is 2. The summed E-state index contributed by atoms with van der Waals surface area (Å²) in [6.45, 7) is 9.72. The number of piperidine rings is 1. The summed E-state index contributed by atoms with van der Waals surface area (Å²) in [6.07, 6.45) is 6.05. The van der Waals surface area contributed by atoms with Crippen LogP contribution in [0.4, 0.5) is 10.2 Å². The van der Waals surface area contributed by atoms with Gasteiger partial charge in [-0.05, 0) is 89.0 Å². The smallest absolute Gasteiger partial charge is 0.213 e. The first-order valence-electron chi connectivity index (χ1n) is 14.6. The maximum absolute atomic E-state index is 14.1. The standard InChI is InChI=1S/C33H38ClFN4O3/c1-4-31(39(19-28-14-17-41-28)33-22(2)8-10-27(20-40)36-33)23(3)38-15-12-24(13-16-38)30-6-5-7-32(37-30)42-21-25-18-26(34)9-11-29(25)35/h4-11,18,20,23-24,28H,12-17,19,21H2,1-3H3/b31-4+. The summed E-state index contributed by atoms with van der Waals surface area (Å²) in [6, 6.07) is 14.1. The van der Waals surface area contributed by atoms with Crippen molar-refractivity contribution in [2.24, 2.45) is 0 Å². The summed E-state index contributed by atoms with van der Waals surface area (Å²) < 4.78 is 25.8. The number of nitrogens with zero attached hydrogens (tertiary/aromatic N) is 4. The fraction of sp³-hybridized carbons (Fsp3) is 0.424. The number of anilines is 1. The normalized spacial score (nSPS) is 18.8. The number of aldehydes is 1. The van der Waals surface area contributed by atoms with Gasteiger partial charge in [0, 0.05) is 46.6 Å². The SMILES string of the molecule is C/C=C(\C(C)N1CCC(c2cccc(OCc3cc(Cl)ccc3F)n2)CC1)N(CC1CCO1)c1nc(C=O)ccc1C. The predicted octanol–water partition coefficient (Wildman–Crippen LogP) is 6.74. The van der Waals surface area contributed by atoms with Crippen LogP contribution in [0.1, 0.15) is 66.3 Å². The topological polar surface area (TPSA) is 67.8 Å². The van der Waals surface area contributed by atoms with Crippen LogP contribution in [0.25, 0.3) is 0 Å². The molecule has 0 bridgehead atoms. The Labute approximate surface area is 252 Å². The molecule has 2 atom stereocenters. The molecular formula is C33H38ClFN4O3. The van der Waals surface area contributed by atoms with Gasteiger partial charge in [0.1, 0.15) is 23.9 Å². The minimum Gasteiger partial charge on any atom is -0.473 e. The third-order valence-electron chi connectivity index (χ3n) is 8.31. The number of benzene rings is 1. The van der Waals surface area contributed by atoms with Crippen LogP contribution >= 0.6 is 11.6 Å². The van der Waals surface area contributed by atoms with Crippen LogP contribution in [-0.4, -0.2) is 59.5 Å². The van der Waals surface area contributed by atoms with E-state index in [2.05, 4.69) is 29.7 Å². The predicted molar refractivity (Wildman–Crippen MR) is 163 cm³/mol. The monoisotopic (exact) mass is 592 g/mol. The van der Waals surface area contributed by atoms with Crippen LogP contribution in [0.3, 0.4) is 0 Å². The van der Waals surface area contributed by atoms with E-state index in [1.807, 2.05) is 25.1 Å². The molecular weight excluding hydrogens is 555 g/mol. The second-order valence-corrected chi connectivity index (χ2v) is 11.4. The molecule has 2 aliphatic heterocycles. The fourth-order valence-corrected chi connectivity index (χ4v) is 5.95. The molecule has 222 valence electrons. The van der Waals surface area contributed by atoms with Crippen molar-refractivity contribution in [1.29, 1.82) is 0 Å². The van der Waals surface area contributed by atoms with E-state index in [1.165, 1.54) is 12.1 Å². The molecule has 0 amide bonds. The van der Waals surface area contributed by atoms with Crippen molar-refractivity contribution in [3.8, 4) is 5.88 Å². The van der Waals surface area contributed by atoms with E-state index >= 15 is 0 Å². The van der Waals surface area contributed by atoms with Gasteiger partial charge in [-0.3, -0.25) is 9.69 Å². The molecule has 9 heteroatoms. The molecule has 0 saturated carbocycles. The van der Waals surface area contributed by atoms with Gasteiger partial charge < -0.3 is 14.4 Å². The van der Waals surface area contributed by atoms with Crippen molar-refractivity contribution in [2.45, 2.75) is 64.7 Å². The molecule has 5 rings (SSSR count). The molecule has 2 aromatic heterocycles. The number of rotatable bonds is 11. The summed E-state index contributed by atoms with van der Waals surface area (Å²) in [5, 5.41) is 0.471. The van der Waals surface area contributed by atoms with E-state index in [1.54, 1.807) is 18.2 Å². The first-order valence-corrected chi connectivity index (χ1v) is 15.0. The molecule has 2 aliphatic rings. The second kappa shape index (κ2) is 13.8. The van der Waals surface area contributed by atoms with Crippen LogP contribution in [0.5, 0.6) is 5.88 Å². The van der Waals surface area contributed by atoms with Crippen LogP contribution < -0.4 is 9.64 Å². The summed E-state index contributed by atoms with van der Waals surface area (Å²) in [5.74, 6) is 1.25. The van der Waals surface area contributed by atoms with Gasteiger partial charge in [0.05, 0.1) is 12.6 Å². The summed E-state index contributed by atoms with van der Waals surface area (Å²) in [4.78, 5) is 25.7. The first-order chi connectivity index (χ1) is 20.4. The summed E-state index contributed by atoms with van der Waals surface area (Å²) in [7, 11) is 0. The Balaban J connectivity index is 1.25. The fourth-order valence-electron chi connectivity index (χ4n) is 5.75. The molecule has 0 spiro atoms. The summed E-state index contributed by atoms with van der Waals surface area (Å²) >= 11 is 6.02. The highest BCUT2D eigenvalue weighted by atomic mass is 35.5. The lowest BCUT2D eigenvalue weighted by Crippen LogP contribution is -2.47. The maximum atomic E-state index is 14.1. The minimum atomic E-state index is -0.348. The zero-order valence-corrected chi connectivity index (χ0v) is 25.2. The highest BCUT2D eigenvalue weighted by Gasteiger charge is 2.31. The van der Waals surface area contributed by atoms with Gasteiger partial charge in [0.2, 0.25) is 5.88 Å². The zero-order chi connectivity index (χ0) is 29.6. The van der Waals surface area contributed by atoms with Gasteiger partial charge in [-0.25, -0.2) is 14.4 Å². The van der Waals surface area contributed by atoms with E-state index in [-0.39, 0.29) is 24.6 Å². The Morgan fingerprint density at radius 2 is 1.98 bits per heavy atom. The van der Waals surface area contributed by atoms with Gasteiger partial charge >= 0.3 is 0 Å². The van der Waals surface area contributed by atoms with Gasteiger partial charge in [0.25, 0.3) is 0 Å². The second-order valence-electron chi connectivity index (χ2n) is 11.0. The Hall–Kier alpha value is -3.33. The van der Waals surface area contributed by atoms with Crippen molar-refractivity contribution >= 4 is 23.7 Å². The first kappa shape index (κ1) is 30.1. The van der Waals surface area contributed by atoms with E-state index in [9.17, 15) is 9.18 Å². The van der Waals surface area contributed by atoms with E-state index in [0.29, 0.717) is 34.6 Å². The lowest BCUT2D eigenvalue weighted by molar-refractivity contribution is -0.0442. The molecule has 0 aliphatic carbocycles. The third kappa shape index (κ3) is 7.00. The van der Waals surface area contributed by atoms with Crippen molar-refractivity contribution in [1.82, 2.24) is 14.9 Å². The number of aryl methyl sites for hydroxylation is 1. The van der Waals surface area contributed by atoms with Crippen LogP contribution in [0.15, 0.2) is 60.3 Å².